The van der Waals surface area contributed by atoms with Crippen molar-refractivity contribution in [3.05, 3.63) is 28.7 Å². The number of rotatable bonds is 3. The lowest BCUT2D eigenvalue weighted by atomic mass is 9.76. The minimum Gasteiger partial charge on any atom is -0.378 e. The van der Waals surface area contributed by atoms with Gasteiger partial charge in [-0.1, -0.05) is 0 Å². The Hall–Kier alpha value is -1.29. The first-order chi connectivity index (χ1) is 8.66. The summed E-state index contributed by atoms with van der Waals surface area (Å²) in [6, 6.07) is 4.29. The average Bonchev–Trinajstić information content (AvgIpc) is 2.65. The van der Waals surface area contributed by atoms with Crippen molar-refractivity contribution >= 4 is 5.69 Å². The van der Waals surface area contributed by atoms with Crippen molar-refractivity contribution in [1.29, 1.82) is 0 Å². The van der Waals surface area contributed by atoms with Crippen LogP contribution in [0.1, 0.15) is 32.7 Å². The Bertz CT molecular complexity index is 495. The molecule has 4 nitrogen and oxygen atoms in total. The van der Waals surface area contributed by atoms with Gasteiger partial charge in [0, 0.05) is 18.8 Å². The van der Waals surface area contributed by atoms with Gasteiger partial charge in [0.15, 0.2) is 0 Å². The van der Waals surface area contributed by atoms with E-state index in [9.17, 15) is 4.79 Å². The molecule has 0 aromatic carbocycles. The Morgan fingerprint density at radius 1 is 1.50 bits per heavy atom. The lowest BCUT2D eigenvalue weighted by Crippen LogP contribution is -2.44. The number of anilines is 1. The highest BCUT2D eigenvalue weighted by Crippen LogP contribution is 2.45. The van der Waals surface area contributed by atoms with E-state index in [2.05, 4.69) is 5.32 Å². The lowest BCUT2D eigenvalue weighted by molar-refractivity contribution is -0.0195. The van der Waals surface area contributed by atoms with Crippen molar-refractivity contribution in [3.8, 4) is 0 Å². The van der Waals surface area contributed by atoms with E-state index in [-0.39, 0.29) is 23.7 Å². The van der Waals surface area contributed by atoms with Crippen molar-refractivity contribution in [3.63, 3.8) is 0 Å². The predicted octanol–water partition coefficient (Wildman–Crippen LogP) is 2.02. The van der Waals surface area contributed by atoms with E-state index >= 15 is 0 Å². The molecule has 2 aliphatic rings. The van der Waals surface area contributed by atoms with Gasteiger partial charge in [0.25, 0.3) is 5.56 Å². The van der Waals surface area contributed by atoms with Crippen LogP contribution in [0.25, 0.3) is 0 Å². The number of fused-ring (bicyclic) bond motifs is 1. The van der Waals surface area contributed by atoms with Crippen LogP contribution in [0.2, 0.25) is 0 Å². The van der Waals surface area contributed by atoms with Gasteiger partial charge in [0.2, 0.25) is 0 Å². The molecule has 0 bridgehead atoms. The molecule has 1 N–H and O–H groups in total. The van der Waals surface area contributed by atoms with Crippen LogP contribution in [-0.2, 0) is 4.74 Å². The van der Waals surface area contributed by atoms with Gasteiger partial charge in [-0.05, 0) is 44.7 Å². The predicted molar refractivity (Wildman–Crippen MR) is 71.0 cm³/mol. The Morgan fingerprint density at radius 2 is 2.33 bits per heavy atom. The first-order valence-corrected chi connectivity index (χ1v) is 6.76. The van der Waals surface area contributed by atoms with Crippen LogP contribution in [0.4, 0.5) is 5.69 Å². The van der Waals surface area contributed by atoms with Crippen LogP contribution >= 0.6 is 0 Å². The number of hydrogen-bond donors (Lipinski definition) is 1. The second-order valence-corrected chi connectivity index (χ2v) is 5.62. The third-order valence-electron chi connectivity index (χ3n) is 3.96. The van der Waals surface area contributed by atoms with Gasteiger partial charge in [-0.3, -0.25) is 4.79 Å². The molecule has 1 aliphatic carbocycles. The van der Waals surface area contributed by atoms with E-state index in [1.54, 1.807) is 0 Å². The minimum atomic E-state index is 0.0742. The molecule has 1 aromatic heterocycles. The van der Waals surface area contributed by atoms with E-state index in [4.69, 9.17) is 4.74 Å². The summed E-state index contributed by atoms with van der Waals surface area (Å²) < 4.78 is 7.56. The van der Waals surface area contributed by atoms with E-state index in [1.165, 1.54) is 0 Å². The molecule has 2 fully saturated rings. The maximum absolute atomic E-state index is 12.4. The van der Waals surface area contributed by atoms with Gasteiger partial charge in [-0.15, -0.1) is 0 Å². The molecule has 98 valence electrons. The highest BCUT2D eigenvalue weighted by atomic mass is 16.5. The summed E-state index contributed by atoms with van der Waals surface area (Å²) in [6.45, 7) is 4.93. The van der Waals surface area contributed by atoms with Crippen molar-refractivity contribution < 1.29 is 4.74 Å². The summed E-state index contributed by atoms with van der Waals surface area (Å²) in [5, 5.41) is 3.20. The summed E-state index contributed by atoms with van der Waals surface area (Å²) >= 11 is 0. The van der Waals surface area contributed by atoms with Gasteiger partial charge >= 0.3 is 0 Å². The minimum absolute atomic E-state index is 0.0742. The molecule has 1 aliphatic heterocycles. The smallest absolute Gasteiger partial charge is 0.274 e. The van der Waals surface area contributed by atoms with Crippen LogP contribution in [-0.4, -0.2) is 23.3 Å². The number of aromatic nitrogens is 1. The Balaban J connectivity index is 1.86. The summed E-state index contributed by atoms with van der Waals surface area (Å²) in [5.41, 5.74) is 0.763. The average molecular weight is 248 g/mol. The molecule has 1 saturated heterocycles. The summed E-state index contributed by atoms with van der Waals surface area (Å²) in [7, 11) is 0. The maximum atomic E-state index is 12.4. The van der Waals surface area contributed by atoms with Crippen LogP contribution in [0.3, 0.4) is 0 Å². The topological polar surface area (TPSA) is 43.3 Å². The fourth-order valence-electron chi connectivity index (χ4n) is 3.05. The van der Waals surface area contributed by atoms with Gasteiger partial charge in [-0.2, -0.15) is 0 Å². The van der Waals surface area contributed by atoms with Gasteiger partial charge in [0.1, 0.15) is 5.69 Å². The molecule has 3 rings (SSSR count). The summed E-state index contributed by atoms with van der Waals surface area (Å²) in [5.74, 6) is 0.670. The van der Waals surface area contributed by atoms with Crippen LogP contribution in [0.15, 0.2) is 23.1 Å². The summed E-state index contributed by atoms with van der Waals surface area (Å²) in [4.78, 5) is 12.4. The van der Waals surface area contributed by atoms with Gasteiger partial charge in [0.05, 0.1) is 12.1 Å². The van der Waals surface area contributed by atoms with E-state index < -0.39 is 0 Å². The summed E-state index contributed by atoms with van der Waals surface area (Å²) in [6.07, 6.45) is 4.38. The van der Waals surface area contributed by atoms with E-state index in [1.807, 2.05) is 36.7 Å². The normalized spacial score (nSPS) is 30.1. The zero-order valence-corrected chi connectivity index (χ0v) is 10.9. The third kappa shape index (κ3) is 1.85. The Morgan fingerprint density at radius 3 is 3.06 bits per heavy atom. The molecule has 4 heteroatoms. The maximum Gasteiger partial charge on any atom is 0.274 e. The van der Waals surface area contributed by atoms with Gasteiger partial charge in [-0.25, -0.2) is 0 Å². The fraction of sp³-hybridized carbons (Fsp3) is 0.643. The molecule has 0 spiro atoms. The zero-order valence-electron chi connectivity index (χ0n) is 10.9. The SMILES string of the molecule is CC(C)Nc1cccn([C@H]2C[C@@H]3CCO[C@@H]32)c1=O. The molecule has 3 atom stereocenters. The van der Waals surface area contributed by atoms with Crippen LogP contribution in [0.5, 0.6) is 0 Å². The van der Waals surface area contributed by atoms with E-state index in [0.717, 1.165) is 19.4 Å². The number of pyridine rings is 1. The number of nitrogens with zero attached hydrogens (tertiary/aromatic N) is 1. The zero-order chi connectivity index (χ0) is 12.7. The lowest BCUT2D eigenvalue weighted by Gasteiger charge is -2.40. The van der Waals surface area contributed by atoms with Crippen molar-refractivity contribution in [2.45, 2.75) is 44.9 Å². The molecule has 18 heavy (non-hydrogen) atoms. The molecule has 2 heterocycles. The number of nitrogens with one attached hydrogen (secondary N) is 1. The second kappa shape index (κ2) is 4.43. The first kappa shape index (κ1) is 11.8. The molecule has 1 aromatic rings. The largest absolute Gasteiger partial charge is 0.378 e. The molecule has 0 unspecified atom stereocenters. The first-order valence-electron chi connectivity index (χ1n) is 6.76. The van der Waals surface area contributed by atoms with Crippen molar-refractivity contribution in [2.75, 3.05) is 11.9 Å². The van der Waals surface area contributed by atoms with E-state index in [0.29, 0.717) is 11.6 Å². The Labute approximate surface area is 107 Å². The quantitative estimate of drug-likeness (QED) is 0.890. The highest BCUT2D eigenvalue weighted by molar-refractivity contribution is 5.41. The number of hydrogen-bond acceptors (Lipinski definition) is 3. The van der Waals surface area contributed by atoms with Crippen molar-refractivity contribution in [1.82, 2.24) is 4.57 Å². The molecular formula is C14H20N2O2. The van der Waals surface area contributed by atoms with Crippen LogP contribution < -0.4 is 10.9 Å². The molecule has 0 amide bonds. The van der Waals surface area contributed by atoms with Crippen molar-refractivity contribution in [2.24, 2.45) is 5.92 Å². The second-order valence-electron chi connectivity index (χ2n) is 5.62. The fourth-order valence-corrected chi connectivity index (χ4v) is 3.05. The molecule has 1 saturated carbocycles. The Kier molecular flexibility index (Phi) is 2.90. The van der Waals surface area contributed by atoms with Gasteiger partial charge < -0.3 is 14.6 Å². The molecule has 0 radical (unpaired) electrons. The third-order valence-corrected chi connectivity index (χ3v) is 3.96. The highest BCUT2D eigenvalue weighted by Gasteiger charge is 2.46. The standard InChI is InChI=1S/C14H20N2O2/c1-9(2)15-11-4-3-6-16(14(11)17)12-8-10-5-7-18-13(10)12/h3-4,6,9-10,12-13,15H,5,7-8H2,1-2H3/t10-,12-,13-/m0/s1. The number of ether oxygens (including phenoxy) is 1. The van der Waals surface area contributed by atoms with Crippen LogP contribution in [0, 0.1) is 5.92 Å². The monoisotopic (exact) mass is 248 g/mol. The molecular weight excluding hydrogens is 228 g/mol.